The molecule has 1 saturated carbocycles. The fraction of sp³-hybridized carbons (Fsp3) is 0.538. The van der Waals surface area contributed by atoms with Crippen LogP contribution < -0.4 is 5.73 Å². The van der Waals surface area contributed by atoms with Crippen molar-refractivity contribution in [1.82, 2.24) is 0 Å². The summed E-state index contributed by atoms with van der Waals surface area (Å²) in [6.45, 7) is 0. The maximum absolute atomic E-state index is 13.1. The zero-order chi connectivity index (χ0) is 12.3. The molecule has 17 heavy (non-hydrogen) atoms. The van der Waals surface area contributed by atoms with Gasteiger partial charge in [0.1, 0.15) is 5.82 Å². The van der Waals surface area contributed by atoms with E-state index in [9.17, 15) is 8.60 Å². The molecule has 1 aliphatic rings. The van der Waals surface area contributed by atoms with Crippen LogP contribution in [0.2, 0.25) is 0 Å². The Bertz CT molecular complexity index is 396. The van der Waals surface area contributed by atoms with E-state index in [4.69, 9.17) is 5.73 Å². The van der Waals surface area contributed by atoms with Crippen LogP contribution in [0.4, 0.5) is 10.1 Å². The Hall–Kier alpha value is -0.900. The Morgan fingerprint density at radius 3 is 2.59 bits per heavy atom. The van der Waals surface area contributed by atoms with Crippen LogP contribution in [-0.4, -0.2) is 9.46 Å². The molecule has 0 amide bonds. The topological polar surface area (TPSA) is 43.1 Å². The van der Waals surface area contributed by atoms with E-state index in [0.717, 1.165) is 18.4 Å². The number of hydrogen-bond acceptors (Lipinski definition) is 2. The Balaban J connectivity index is 2.01. The maximum Gasteiger partial charge on any atom is 0.125 e. The standard InChI is InChI=1S/C13H18FNOS/c14-11-6-10(7-12(15)8-11)9-17(16)13-4-2-1-3-5-13/h6-8,13H,1-5,9,15H2. The van der Waals surface area contributed by atoms with Gasteiger partial charge in [-0.15, -0.1) is 0 Å². The van der Waals surface area contributed by atoms with Crippen molar-refractivity contribution in [2.24, 2.45) is 0 Å². The first kappa shape index (κ1) is 12.6. The van der Waals surface area contributed by atoms with Gasteiger partial charge < -0.3 is 5.73 Å². The SMILES string of the molecule is Nc1cc(F)cc(CS(=O)C2CCCCC2)c1. The molecule has 0 spiro atoms. The van der Waals surface area contributed by atoms with Crippen molar-refractivity contribution in [3.05, 3.63) is 29.6 Å². The molecule has 94 valence electrons. The van der Waals surface area contributed by atoms with E-state index in [-0.39, 0.29) is 11.1 Å². The first-order valence-electron chi connectivity index (χ1n) is 6.07. The third-order valence-corrected chi connectivity index (χ3v) is 5.05. The van der Waals surface area contributed by atoms with Crippen LogP contribution in [-0.2, 0) is 16.6 Å². The average molecular weight is 255 g/mol. The number of benzene rings is 1. The van der Waals surface area contributed by atoms with Gasteiger partial charge in [-0.3, -0.25) is 4.21 Å². The van der Waals surface area contributed by atoms with Crippen LogP contribution in [0.3, 0.4) is 0 Å². The minimum atomic E-state index is -0.896. The third-order valence-electron chi connectivity index (χ3n) is 3.21. The van der Waals surface area contributed by atoms with Crippen molar-refractivity contribution in [1.29, 1.82) is 0 Å². The van der Waals surface area contributed by atoms with Crippen molar-refractivity contribution in [3.8, 4) is 0 Å². The molecule has 0 aromatic heterocycles. The highest BCUT2D eigenvalue weighted by atomic mass is 32.2. The number of nitrogens with two attached hydrogens (primary N) is 1. The molecule has 1 unspecified atom stereocenters. The van der Waals surface area contributed by atoms with Gasteiger partial charge in [-0.1, -0.05) is 19.3 Å². The molecule has 2 rings (SSSR count). The predicted molar refractivity (Wildman–Crippen MR) is 69.5 cm³/mol. The number of anilines is 1. The molecular formula is C13H18FNOS. The molecule has 1 aliphatic carbocycles. The second-order valence-electron chi connectivity index (χ2n) is 4.68. The van der Waals surface area contributed by atoms with Crippen molar-refractivity contribution >= 4 is 16.5 Å². The lowest BCUT2D eigenvalue weighted by atomic mass is 10.0. The molecule has 1 aromatic rings. The summed E-state index contributed by atoms with van der Waals surface area (Å²) >= 11 is 0. The van der Waals surface area contributed by atoms with Gasteiger partial charge in [0.15, 0.2) is 0 Å². The molecular weight excluding hydrogens is 237 g/mol. The summed E-state index contributed by atoms with van der Waals surface area (Å²) in [5.74, 6) is 0.0766. The average Bonchev–Trinajstić information content (AvgIpc) is 2.28. The molecule has 1 aromatic carbocycles. The van der Waals surface area contributed by atoms with E-state index in [0.29, 0.717) is 11.4 Å². The fourth-order valence-corrected chi connectivity index (χ4v) is 3.96. The van der Waals surface area contributed by atoms with Crippen LogP contribution in [0, 0.1) is 5.82 Å². The number of nitrogen functional groups attached to an aromatic ring is 1. The first-order valence-corrected chi connectivity index (χ1v) is 7.45. The van der Waals surface area contributed by atoms with Gasteiger partial charge in [0.05, 0.1) is 0 Å². The zero-order valence-corrected chi connectivity index (χ0v) is 10.6. The summed E-state index contributed by atoms with van der Waals surface area (Å²) in [7, 11) is -0.896. The van der Waals surface area contributed by atoms with Crippen molar-refractivity contribution in [2.75, 3.05) is 5.73 Å². The van der Waals surface area contributed by atoms with Gasteiger partial charge in [-0.25, -0.2) is 4.39 Å². The largest absolute Gasteiger partial charge is 0.399 e. The Labute approximate surface area is 104 Å². The number of halogens is 1. The van der Waals surface area contributed by atoms with E-state index in [2.05, 4.69) is 0 Å². The van der Waals surface area contributed by atoms with Gasteiger partial charge in [0.2, 0.25) is 0 Å². The Kier molecular flexibility index (Phi) is 4.15. The molecule has 2 N–H and O–H groups in total. The van der Waals surface area contributed by atoms with Gasteiger partial charge in [0.25, 0.3) is 0 Å². The summed E-state index contributed by atoms with van der Waals surface area (Å²) in [6, 6.07) is 4.42. The second kappa shape index (κ2) is 5.63. The summed E-state index contributed by atoms with van der Waals surface area (Å²) < 4.78 is 25.3. The second-order valence-corrected chi connectivity index (χ2v) is 6.39. The summed E-state index contributed by atoms with van der Waals surface area (Å²) in [6.07, 6.45) is 5.67. The normalized spacial score (nSPS) is 19.1. The lowest BCUT2D eigenvalue weighted by molar-refractivity contribution is 0.504. The van der Waals surface area contributed by atoms with Gasteiger partial charge in [-0.05, 0) is 36.6 Å². The lowest BCUT2D eigenvalue weighted by Gasteiger charge is -2.20. The Morgan fingerprint density at radius 2 is 1.94 bits per heavy atom. The van der Waals surface area contributed by atoms with Crippen molar-refractivity contribution in [2.45, 2.75) is 43.1 Å². The molecule has 0 saturated heterocycles. The molecule has 4 heteroatoms. The van der Waals surface area contributed by atoms with Gasteiger partial charge >= 0.3 is 0 Å². The fourth-order valence-electron chi connectivity index (χ4n) is 2.37. The minimum absolute atomic E-state index is 0.285. The van der Waals surface area contributed by atoms with E-state index in [1.807, 2.05) is 0 Å². The van der Waals surface area contributed by atoms with Crippen molar-refractivity contribution < 1.29 is 8.60 Å². The number of hydrogen-bond donors (Lipinski definition) is 1. The first-order chi connectivity index (χ1) is 8.15. The maximum atomic E-state index is 13.1. The summed E-state index contributed by atoms with van der Waals surface area (Å²) in [5, 5.41) is 0.285. The minimum Gasteiger partial charge on any atom is -0.399 e. The van der Waals surface area contributed by atoms with Crippen LogP contribution in [0.1, 0.15) is 37.7 Å². The predicted octanol–water partition coefficient (Wildman–Crippen LogP) is 2.99. The molecule has 1 fully saturated rings. The van der Waals surface area contributed by atoms with Gasteiger partial charge in [0, 0.05) is 27.5 Å². The highest BCUT2D eigenvalue weighted by molar-refractivity contribution is 7.84. The van der Waals surface area contributed by atoms with E-state index < -0.39 is 10.8 Å². The van der Waals surface area contributed by atoms with Crippen molar-refractivity contribution in [3.63, 3.8) is 0 Å². The monoisotopic (exact) mass is 255 g/mol. The molecule has 0 bridgehead atoms. The number of rotatable bonds is 3. The van der Waals surface area contributed by atoms with E-state index in [1.54, 1.807) is 6.07 Å². The summed E-state index contributed by atoms with van der Waals surface area (Å²) in [5.41, 5.74) is 6.72. The molecule has 0 radical (unpaired) electrons. The molecule has 2 nitrogen and oxygen atoms in total. The molecule has 0 aliphatic heterocycles. The van der Waals surface area contributed by atoms with Crippen LogP contribution >= 0.6 is 0 Å². The van der Waals surface area contributed by atoms with E-state index in [1.165, 1.54) is 31.4 Å². The van der Waals surface area contributed by atoms with Crippen LogP contribution in [0.5, 0.6) is 0 Å². The molecule has 0 heterocycles. The third kappa shape index (κ3) is 3.53. The lowest BCUT2D eigenvalue weighted by Crippen LogP contribution is -2.19. The van der Waals surface area contributed by atoms with Crippen LogP contribution in [0.25, 0.3) is 0 Å². The zero-order valence-electron chi connectivity index (χ0n) is 9.82. The highest BCUT2D eigenvalue weighted by Gasteiger charge is 2.19. The Morgan fingerprint density at radius 1 is 1.24 bits per heavy atom. The van der Waals surface area contributed by atoms with E-state index >= 15 is 0 Å². The molecule has 1 atom stereocenters. The highest BCUT2D eigenvalue weighted by Crippen LogP contribution is 2.24. The summed E-state index contributed by atoms with van der Waals surface area (Å²) in [4.78, 5) is 0. The van der Waals surface area contributed by atoms with Gasteiger partial charge in [-0.2, -0.15) is 0 Å². The quantitative estimate of drug-likeness (QED) is 0.844. The van der Waals surface area contributed by atoms with Crippen LogP contribution in [0.15, 0.2) is 18.2 Å². The smallest absolute Gasteiger partial charge is 0.125 e.